The number of aromatic nitrogens is 4. The van der Waals surface area contributed by atoms with Gasteiger partial charge in [-0.1, -0.05) is 29.1 Å². The predicted molar refractivity (Wildman–Crippen MR) is 134 cm³/mol. The van der Waals surface area contributed by atoms with Crippen molar-refractivity contribution in [2.45, 2.75) is 57.8 Å². The minimum absolute atomic E-state index is 0.0184. The SMILES string of the molecule is CC(C)OC(=O)C(C)N=[P+]([O-])Oc1ccccc1OCC1OC(n2cnc3c(=S)nc(N)[nH]c32)CC1O. The molecule has 13 nitrogen and oxygen atoms in total. The molecule has 1 aliphatic rings. The number of fused-ring (bicyclic) bond motifs is 1. The number of ether oxygens (including phenoxy) is 3. The Balaban J connectivity index is 1.41. The van der Waals surface area contributed by atoms with E-state index >= 15 is 0 Å². The molecule has 5 atom stereocenters. The topological polar surface area (TPSA) is 182 Å². The van der Waals surface area contributed by atoms with Crippen LogP contribution in [0.3, 0.4) is 0 Å². The Hall–Kier alpha value is -3.16. The maximum absolute atomic E-state index is 12.4. The van der Waals surface area contributed by atoms with Gasteiger partial charge in [0.2, 0.25) is 5.75 Å². The molecule has 0 spiro atoms. The van der Waals surface area contributed by atoms with Crippen LogP contribution in [0.5, 0.6) is 11.5 Å². The van der Waals surface area contributed by atoms with E-state index in [2.05, 4.69) is 19.7 Å². The number of esters is 1. The van der Waals surface area contributed by atoms with Gasteiger partial charge in [-0.2, -0.15) is 0 Å². The molecule has 0 saturated carbocycles. The molecule has 1 aliphatic heterocycles. The molecule has 2 aromatic heterocycles. The molecule has 198 valence electrons. The summed E-state index contributed by atoms with van der Waals surface area (Å²) in [5.41, 5.74) is 6.79. The summed E-state index contributed by atoms with van der Waals surface area (Å²) >= 11 is 5.21. The lowest BCUT2D eigenvalue weighted by Gasteiger charge is -2.17. The van der Waals surface area contributed by atoms with Gasteiger partial charge in [0.1, 0.15) is 30.1 Å². The Morgan fingerprint density at radius 2 is 2.14 bits per heavy atom. The lowest BCUT2D eigenvalue weighted by atomic mass is 10.2. The minimum atomic E-state index is -2.58. The minimum Gasteiger partial charge on any atom is -0.575 e. The molecule has 0 aliphatic carbocycles. The molecule has 3 heterocycles. The van der Waals surface area contributed by atoms with Gasteiger partial charge in [0.25, 0.3) is 0 Å². The monoisotopic (exact) mass is 550 g/mol. The van der Waals surface area contributed by atoms with Crippen LogP contribution in [0, 0.1) is 4.64 Å². The molecule has 4 rings (SSSR count). The number of carbonyl (C=O) groups is 1. The molecule has 0 amide bonds. The van der Waals surface area contributed by atoms with Crippen LogP contribution in [0.1, 0.15) is 33.4 Å². The summed E-state index contributed by atoms with van der Waals surface area (Å²) in [6, 6.07) is 5.60. The highest BCUT2D eigenvalue weighted by Crippen LogP contribution is 2.35. The van der Waals surface area contributed by atoms with Crippen LogP contribution in [0.4, 0.5) is 5.95 Å². The number of rotatable bonds is 9. The number of aliphatic hydroxyl groups excluding tert-OH is 1. The van der Waals surface area contributed by atoms with Gasteiger partial charge in [0.05, 0.1) is 18.5 Å². The quantitative estimate of drug-likeness (QED) is 0.202. The second-order valence-corrected chi connectivity index (χ2v) is 9.85. The fourth-order valence-corrected chi connectivity index (χ4v) is 4.64. The number of nitrogens with zero attached hydrogens (tertiary/aromatic N) is 4. The molecule has 1 fully saturated rings. The summed E-state index contributed by atoms with van der Waals surface area (Å²) < 4.78 is 28.2. The number of hydrogen-bond acceptors (Lipinski definition) is 12. The van der Waals surface area contributed by atoms with Gasteiger partial charge in [-0.3, -0.25) is 9.09 Å². The molecule has 3 aromatic rings. The highest BCUT2D eigenvalue weighted by molar-refractivity contribution is 7.71. The zero-order valence-electron chi connectivity index (χ0n) is 20.3. The number of nitrogens with two attached hydrogens (primary N) is 1. The molecule has 0 radical (unpaired) electrons. The summed E-state index contributed by atoms with van der Waals surface area (Å²) in [4.78, 5) is 35.5. The number of imidazole rings is 1. The summed E-state index contributed by atoms with van der Waals surface area (Å²) in [6.07, 6.45) is -0.562. The van der Waals surface area contributed by atoms with Crippen LogP contribution >= 0.6 is 20.4 Å². The first-order valence-corrected chi connectivity index (χ1v) is 13.0. The Morgan fingerprint density at radius 3 is 2.86 bits per heavy atom. The Kier molecular flexibility index (Phi) is 8.35. The van der Waals surface area contributed by atoms with Crippen molar-refractivity contribution in [1.82, 2.24) is 19.5 Å². The summed E-state index contributed by atoms with van der Waals surface area (Å²) in [5, 5.41) is 10.6. The Morgan fingerprint density at radius 1 is 1.41 bits per heavy atom. The van der Waals surface area contributed by atoms with Crippen molar-refractivity contribution in [2.75, 3.05) is 12.3 Å². The molecule has 1 aromatic carbocycles. The average Bonchev–Trinajstić information content (AvgIpc) is 3.41. The van der Waals surface area contributed by atoms with Crippen molar-refractivity contribution in [1.29, 1.82) is 0 Å². The van der Waals surface area contributed by atoms with Crippen molar-refractivity contribution in [3.05, 3.63) is 35.2 Å². The maximum Gasteiger partial charge on any atom is 0.395 e. The molecule has 37 heavy (non-hydrogen) atoms. The van der Waals surface area contributed by atoms with Crippen LogP contribution in [0.25, 0.3) is 11.2 Å². The third kappa shape index (κ3) is 6.40. The number of aromatic amines is 1. The number of para-hydroxylation sites is 2. The van der Waals surface area contributed by atoms with E-state index in [9.17, 15) is 14.8 Å². The molecule has 4 N–H and O–H groups in total. The van der Waals surface area contributed by atoms with Crippen LogP contribution in [-0.2, 0) is 14.3 Å². The van der Waals surface area contributed by atoms with Gasteiger partial charge in [-0.05, 0) is 32.9 Å². The molecule has 15 heteroatoms. The fourth-order valence-electron chi connectivity index (χ4n) is 3.65. The molecule has 1 saturated heterocycles. The average molecular weight is 551 g/mol. The number of carbonyl (C=O) groups excluding carboxylic acids is 1. The molecular weight excluding hydrogens is 523 g/mol. The largest absolute Gasteiger partial charge is 0.575 e. The predicted octanol–water partition coefficient (Wildman–Crippen LogP) is 2.37. The van der Waals surface area contributed by atoms with E-state index in [1.165, 1.54) is 6.92 Å². The fraction of sp³-hybridized carbons (Fsp3) is 0.455. The van der Waals surface area contributed by atoms with E-state index < -0.39 is 38.6 Å². The first-order valence-electron chi connectivity index (χ1n) is 11.5. The molecule has 5 unspecified atom stereocenters. The zero-order chi connectivity index (χ0) is 26.7. The Labute approximate surface area is 218 Å². The number of nitrogens with one attached hydrogen (secondary N) is 1. The number of nitrogen functional groups attached to an aromatic ring is 1. The van der Waals surface area contributed by atoms with Crippen molar-refractivity contribution in [3.8, 4) is 11.5 Å². The van der Waals surface area contributed by atoms with Crippen LogP contribution in [-0.4, -0.2) is 61.6 Å². The smallest absolute Gasteiger partial charge is 0.395 e. The molecular formula is C22H27N6O7PS. The van der Waals surface area contributed by atoms with Gasteiger partial charge in [0.15, 0.2) is 22.4 Å². The summed E-state index contributed by atoms with van der Waals surface area (Å²) in [5.74, 6) is -0.0178. The number of H-pyrrole nitrogens is 1. The normalized spacial score (nSPS) is 20.8. The van der Waals surface area contributed by atoms with Crippen LogP contribution in [0.2, 0.25) is 0 Å². The highest BCUT2D eigenvalue weighted by atomic mass is 32.1. The van der Waals surface area contributed by atoms with Crippen molar-refractivity contribution < 1.29 is 33.5 Å². The standard InChI is InChI=1S/C22H27N6O7PS/c1-11(2)33-21(30)12(3)27-36(31)35-15-7-5-4-6-14(15)32-9-16-13(29)8-17(34-16)28-10-24-18-19(28)25-22(23)26-20(18)37/h4-7,10-13,16-17,29H,8-9H2,1-3H3,(H3,23,25,26,37). The van der Waals surface area contributed by atoms with E-state index in [1.54, 1.807) is 49.0 Å². The number of anilines is 1. The zero-order valence-corrected chi connectivity index (χ0v) is 22.0. The number of hydrogen-bond donors (Lipinski definition) is 3. The van der Waals surface area contributed by atoms with Crippen molar-refractivity contribution >= 4 is 43.5 Å². The van der Waals surface area contributed by atoms with Crippen LogP contribution in [0.15, 0.2) is 35.3 Å². The Bertz CT molecular complexity index is 1360. The first-order chi connectivity index (χ1) is 17.6. The second-order valence-electron chi connectivity index (χ2n) is 8.57. The van der Waals surface area contributed by atoms with Gasteiger partial charge >= 0.3 is 14.1 Å². The van der Waals surface area contributed by atoms with Gasteiger partial charge in [-0.15, -0.1) is 0 Å². The van der Waals surface area contributed by atoms with E-state index in [4.69, 9.17) is 36.7 Å². The lowest BCUT2D eigenvalue weighted by Crippen LogP contribution is -2.28. The van der Waals surface area contributed by atoms with E-state index in [0.29, 0.717) is 11.2 Å². The number of aliphatic hydroxyl groups is 1. The first kappa shape index (κ1) is 26.9. The summed E-state index contributed by atoms with van der Waals surface area (Å²) in [7, 11) is -2.58. The summed E-state index contributed by atoms with van der Waals surface area (Å²) in [6.45, 7) is 4.88. The number of benzene rings is 1. The maximum atomic E-state index is 12.4. The lowest BCUT2D eigenvalue weighted by molar-refractivity contribution is -0.170. The van der Waals surface area contributed by atoms with Crippen molar-refractivity contribution in [2.24, 2.45) is 4.74 Å². The van der Waals surface area contributed by atoms with Gasteiger partial charge in [0, 0.05) is 6.42 Å². The van der Waals surface area contributed by atoms with E-state index in [1.807, 2.05) is 0 Å². The highest BCUT2D eigenvalue weighted by Gasteiger charge is 2.36. The van der Waals surface area contributed by atoms with E-state index in [-0.39, 0.29) is 41.2 Å². The van der Waals surface area contributed by atoms with Crippen LogP contribution < -0.4 is 19.9 Å². The van der Waals surface area contributed by atoms with Gasteiger partial charge in [-0.25, -0.2) is 14.8 Å². The second kappa shape index (κ2) is 11.5. The van der Waals surface area contributed by atoms with E-state index in [0.717, 1.165) is 0 Å². The third-order valence-electron chi connectivity index (χ3n) is 5.37. The third-order valence-corrected chi connectivity index (χ3v) is 6.54. The molecule has 0 bridgehead atoms. The van der Waals surface area contributed by atoms with Crippen molar-refractivity contribution in [3.63, 3.8) is 0 Å². The van der Waals surface area contributed by atoms with Gasteiger partial charge < -0.3 is 34.9 Å².